The van der Waals surface area contributed by atoms with Gasteiger partial charge in [-0.15, -0.1) is 11.8 Å². The Hall–Kier alpha value is -2.78. The monoisotopic (exact) mass is 340 g/mol. The maximum atomic E-state index is 12.2. The van der Waals surface area contributed by atoms with E-state index >= 15 is 0 Å². The van der Waals surface area contributed by atoms with Gasteiger partial charge in [-0.25, -0.2) is 4.79 Å². The van der Waals surface area contributed by atoms with Gasteiger partial charge in [0.1, 0.15) is 6.07 Å². The minimum atomic E-state index is -0.987. The number of carbonyl (C=O) groups excluding carboxylic acids is 2. The van der Waals surface area contributed by atoms with Gasteiger partial charge in [0.15, 0.2) is 6.10 Å². The summed E-state index contributed by atoms with van der Waals surface area (Å²) in [5.41, 5.74) is 1.15. The summed E-state index contributed by atoms with van der Waals surface area (Å²) in [5.74, 6) is -1.05. The van der Waals surface area contributed by atoms with Crippen LogP contribution in [0.5, 0.6) is 0 Å². The first kappa shape index (κ1) is 17.6. The molecule has 0 saturated heterocycles. The second-order valence-corrected chi connectivity index (χ2v) is 5.74. The molecule has 0 saturated carbocycles. The van der Waals surface area contributed by atoms with Crippen LogP contribution in [0, 0.1) is 11.3 Å². The van der Waals surface area contributed by atoms with Crippen molar-refractivity contribution < 1.29 is 14.3 Å². The third kappa shape index (κ3) is 4.15. The lowest BCUT2D eigenvalue weighted by molar-refractivity contribution is -0.123. The lowest BCUT2D eigenvalue weighted by Gasteiger charge is -2.15. The summed E-state index contributed by atoms with van der Waals surface area (Å²) in [7, 11) is 0. The van der Waals surface area contributed by atoms with Crippen molar-refractivity contribution in [1.82, 2.24) is 0 Å². The second-order valence-electron chi connectivity index (χ2n) is 4.89. The van der Waals surface area contributed by atoms with Crippen LogP contribution in [0.15, 0.2) is 53.4 Å². The van der Waals surface area contributed by atoms with Crippen LogP contribution in [0.25, 0.3) is 0 Å². The van der Waals surface area contributed by atoms with Crippen LogP contribution in [-0.2, 0) is 9.53 Å². The molecular formula is C18H16N2O3S. The number of esters is 1. The van der Waals surface area contributed by atoms with Gasteiger partial charge in [0.2, 0.25) is 0 Å². The van der Waals surface area contributed by atoms with E-state index in [2.05, 4.69) is 5.32 Å². The number of hydrogen-bond acceptors (Lipinski definition) is 5. The average molecular weight is 340 g/mol. The standard InChI is InChI=1S/C18H16N2O3S/c1-12(17(21)20-15-9-5-3-7-13(15)11-19)23-18(22)14-8-4-6-10-16(14)24-2/h3-10,12H,1-2H3,(H,20,21)/t12-/m0/s1. The molecule has 0 aromatic heterocycles. The molecule has 0 unspecified atom stereocenters. The molecule has 0 spiro atoms. The molecule has 2 aromatic carbocycles. The molecule has 122 valence electrons. The summed E-state index contributed by atoms with van der Waals surface area (Å²) in [6.45, 7) is 1.49. The first-order chi connectivity index (χ1) is 11.6. The molecule has 0 aliphatic carbocycles. The number of ether oxygens (including phenoxy) is 1. The number of rotatable bonds is 5. The Morgan fingerprint density at radius 1 is 1.17 bits per heavy atom. The normalized spacial score (nSPS) is 11.2. The molecule has 0 fully saturated rings. The summed E-state index contributed by atoms with van der Waals surface area (Å²) < 4.78 is 5.24. The van der Waals surface area contributed by atoms with Crippen LogP contribution in [0.2, 0.25) is 0 Å². The van der Waals surface area contributed by atoms with Crippen molar-refractivity contribution in [3.8, 4) is 6.07 Å². The van der Waals surface area contributed by atoms with Crippen molar-refractivity contribution in [2.75, 3.05) is 11.6 Å². The van der Waals surface area contributed by atoms with Crippen LogP contribution in [-0.4, -0.2) is 24.2 Å². The highest BCUT2D eigenvalue weighted by molar-refractivity contribution is 7.98. The molecule has 0 heterocycles. The maximum Gasteiger partial charge on any atom is 0.340 e. The lowest BCUT2D eigenvalue weighted by atomic mass is 10.2. The van der Waals surface area contributed by atoms with Gasteiger partial charge in [0, 0.05) is 4.90 Å². The zero-order chi connectivity index (χ0) is 17.5. The molecule has 0 radical (unpaired) electrons. The summed E-state index contributed by atoms with van der Waals surface area (Å²) >= 11 is 1.43. The fraction of sp³-hybridized carbons (Fsp3) is 0.167. The van der Waals surface area contributed by atoms with E-state index < -0.39 is 18.0 Å². The molecule has 0 bridgehead atoms. The Morgan fingerprint density at radius 2 is 1.83 bits per heavy atom. The smallest absolute Gasteiger partial charge is 0.340 e. The molecule has 6 heteroatoms. The number of nitrogens with one attached hydrogen (secondary N) is 1. The molecule has 0 aliphatic heterocycles. The number of benzene rings is 2. The predicted octanol–water partition coefficient (Wildman–Crippen LogP) is 3.46. The third-order valence-corrected chi connectivity index (χ3v) is 4.08. The van der Waals surface area contributed by atoms with Crippen molar-refractivity contribution in [3.05, 3.63) is 59.7 Å². The lowest BCUT2D eigenvalue weighted by Crippen LogP contribution is -2.30. The van der Waals surface area contributed by atoms with E-state index in [0.717, 1.165) is 4.90 Å². The van der Waals surface area contributed by atoms with Gasteiger partial charge in [-0.1, -0.05) is 24.3 Å². The van der Waals surface area contributed by atoms with E-state index in [9.17, 15) is 9.59 Å². The van der Waals surface area contributed by atoms with Crippen molar-refractivity contribution in [1.29, 1.82) is 5.26 Å². The summed E-state index contributed by atoms with van der Waals surface area (Å²) in [6.07, 6.45) is 0.875. The highest BCUT2D eigenvalue weighted by Gasteiger charge is 2.21. The van der Waals surface area contributed by atoms with Gasteiger partial charge in [-0.3, -0.25) is 4.79 Å². The number of hydrogen-bond donors (Lipinski definition) is 1. The highest BCUT2D eigenvalue weighted by atomic mass is 32.2. The van der Waals surface area contributed by atoms with E-state index in [1.165, 1.54) is 18.7 Å². The Bertz CT molecular complexity index is 799. The van der Waals surface area contributed by atoms with Crippen molar-refractivity contribution in [2.24, 2.45) is 0 Å². The Morgan fingerprint density at radius 3 is 2.54 bits per heavy atom. The molecule has 1 amide bonds. The highest BCUT2D eigenvalue weighted by Crippen LogP contribution is 2.21. The molecular weight excluding hydrogens is 324 g/mol. The molecule has 1 N–H and O–H groups in total. The molecule has 5 nitrogen and oxygen atoms in total. The third-order valence-electron chi connectivity index (χ3n) is 3.29. The van der Waals surface area contributed by atoms with Gasteiger partial charge in [0.25, 0.3) is 5.91 Å². The fourth-order valence-electron chi connectivity index (χ4n) is 2.01. The Balaban J connectivity index is 2.06. The van der Waals surface area contributed by atoms with Gasteiger partial charge >= 0.3 is 5.97 Å². The van der Waals surface area contributed by atoms with Crippen LogP contribution < -0.4 is 5.32 Å². The van der Waals surface area contributed by atoms with Gasteiger partial charge < -0.3 is 10.1 Å². The van der Waals surface area contributed by atoms with Crippen LogP contribution in [0.3, 0.4) is 0 Å². The molecule has 2 rings (SSSR count). The SMILES string of the molecule is CSc1ccccc1C(=O)O[C@@H](C)C(=O)Nc1ccccc1C#N. The quantitative estimate of drug-likeness (QED) is 0.666. The average Bonchev–Trinajstić information content (AvgIpc) is 2.61. The molecule has 1 atom stereocenters. The van der Waals surface area contributed by atoms with Crippen LogP contribution in [0.1, 0.15) is 22.8 Å². The van der Waals surface area contributed by atoms with E-state index in [1.807, 2.05) is 24.5 Å². The number of carbonyl (C=O) groups is 2. The number of anilines is 1. The van der Waals surface area contributed by atoms with Crippen molar-refractivity contribution in [3.63, 3.8) is 0 Å². The van der Waals surface area contributed by atoms with Crippen molar-refractivity contribution in [2.45, 2.75) is 17.9 Å². The minimum Gasteiger partial charge on any atom is -0.449 e. The van der Waals surface area contributed by atoms with Gasteiger partial charge in [-0.05, 0) is 37.4 Å². The Kier molecular flexibility index (Phi) is 5.99. The number of thioether (sulfide) groups is 1. The van der Waals surface area contributed by atoms with Gasteiger partial charge in [-0.2, -0.15) is 5.26 Å². The maximum absolute atomic E-state index is 12.2. The van der Waals surface area contributed by atoms with Crippen LogP contribution in [0.4, 0.5) is 5.69 Å². The number of amides is 1. The van der Waals surface area contributed by atoms with Crippen molar-refractivity contribution >= 4 is 29.3 Å². The van der Waals surface area contributed by atoms with Gasteiger partial charge in [0.05, 0.1) is 16.8 Å². The largest absolute Gasteiger partial charge is 0.449 e. The topological polar surface area (TPSA) is 79.2 Å². The van der Waals surface area contributed by atoms with Crippen LogP contribution >= 0.6 is 11.8 Å². The number of para-hydroxylation sites is 1. The summed E-state index contributed by atoms with van der Waals surface area (Å²) in [5, 5.41) is 11.6. The predicted molar refractivity (Wildman–Crippen MR) is 92.9 cm³/mol. The molecule has 24 heavy (non-hydrogen) atoms. The summed E-state index contributed by atoms with van der Waals surface area (Å²) in [6, 6.07) is 15.7. The molecule has 0 aliphatic rings. The zero-order valence-corrected chi connectivity index (χ0v) is 14.1. The Labute approximate surface area is 144 Å². The second kappa shape index (κ2) is 8.18. The fourth-order valence-corrected chi connectivity index (χ4v) is 2.60. The number of nitrogens with zero attached hydrogens (tertiary/aromatic N) is 1. The zero-order valence-electron chi connectivity index (χ0n) is 13.3. The van der Waals surface area contributed by atoms with E-state index in [4.69, 9.17) is 10.00 Å². The summed E-state index contributed by atoms with van der Waals surface area (Å²) in [4.78, 5) is 25.2. The minimum absolute atomic E-state index is 0.345. The number of nitriles is 1. The van der Waals surface area contributed by atoms with E-state index in [1.54, 1.807) is 36.4 Å². The van der Waals surface area contributed by atoms with E-state index in [0.29, 0.717) is 16.8 Å². The first-order valence-electron chi connectivity index (χ1n) is 7.20. The van der Waals surface area contributed by atoms with E-state index in [-0.39, 0.29) is 0 Å². The first-order valence-corrected chi connectivity index (χ1v) is 8.43. The molecule has 2 aromatic rings.